The van der Waals surface area contributed by atoms with Crippen molar-refractivity contribution in [1.29, 1.82) is 0 Å². The van der Waals surface area contributed by atoms with Crippen LogP contribution in [0.4, 0.5) is 3.89 Å². The maximum absolute atomic E-state index is 12.7. The highest BCUT2D eigenvalue weighted by atomic mass is 32.3. The molecule has 0 aromatic carbocycles. The molecular formula is C9H6FN3O2S. The fourth-order valence-electron chi connectivity index (χ4n) is 1.14. The predicted molar refractivity (Wildman–Crippen MR) is 53.6 cm³/mol. The van der Waals surface area contributed by atoms with Crippen LogP contribution >= 0.6 is 0 Å². The molecule has 2 heterocycles. The average Bonchev–Trinajstić information content (AvgIpc) is 2.29. The first-order valence-corrected chi connectivity index (χ1v) is 5.63. The number of rotatable bonds is 2. The first-order valence-electron chi connectivity index (χ1n) is 4.24. The van der Waals surface area contributed by atoms with Gasteiger partial charge in [0.1, 0.15) is 6.33 Å². The lowest BCUT2D eigenvalue weighted by atomic mass is 10.2. The Hall–Kier alpha value is -1.89. The first kappa shape index (κ1) is 10.6. The molecule has 0 aliphatic carbocycles. The van der Waals surface area contributed by atoms with Crippen LogP contribution < -0.4 is 0 Å². The largest absolute Gasteiger partial charge is 0.349 e. The molecule has 0 saturated heterocycles. The smallest absolute Gasteiger partial charge is 0.244 e. The van der Waals surface area contributed by atoms with Gasteiger partial charge in [-0.05, 0) is 12.1 Å². The summed E-state index contributed by atoms with van der Waals surface area (Å²) in [5, 5.41) is -0.617. The van der Waals surface area contributed by atoms with Gasteiger partial charge in [0.25, 0.3) is 0 Å². The molecule has 0 fully saturated rings. The average molecular weight is 239 g/mol. The Kier molecular flexibility index (Phi) is 2.61. The van der Waals surface area contributed by atoms with E-state index in [1.165, 1.54) is 24.8 Å². The van der Waals surface area contributed by atoms with E-state index in [1.807, 2.05) is 0 Å². The number of pyridine rings is 1. The van der Waals surface area contributed by atoms with Crippen LogP contribution in [0.5, 0.6) is 0 Å². The molecule has 2 aromatic rings. The van der Waals surface area contributed by atoms with Crippen LogP contribution in [0.2, 0.25) is 0 Å². The van der Waals surface area contributed by atoms with Gasteiger partial charge in [-0.1, -0.05) is 9.95 Å². The standard InChI is InChI=1S/C9H6FN3O2S/c10-16(14,15)9-3-1-2-8(13-9)7-4-11-6-12-5-7/h1-6H. The first-order chi connectivity index (χ1) is 7.57. The Morgan fingerprint density at radius 1 is 1.12 bits per heavy atom. The lowest BCUT2D eigenvalue weighted by molar-refractivity contribution is 0.548. The normalized spacial score (nSPS) is 11.3. The summed E-state index contributed by atoms with van der Waals surface area (Å²) in [4.78, 5) is 11.2. The molecule has 2 rings (SSSR count). The Balaban J connectivity index is 2.53. The van der Waals surface area contributed by atoms with Gasteiger partial charge in [0.2, 0.25) is 0 Å². The highest BCUT2D eigenvalue weighted by Crippen LogP contribution is 2.17. The molecule has 0 atom stereocenters. The summed E-state index contributed by atoms with van der Waals surface area (Å²) in [6.07, 6.45) is 4.26. The summed E-state index contributed by atoms with van der Waals surface area (Å²) >= 11 is 0. The molecule has 0 saturated carbocycles. The van der Waals surface area contributed by atoms with Gasteiger partial charge in [-0.3, -0.25) is 0 Å². The van der Waals surface area contributed by atoms with Gasteiger partial charge in [0.15, 0.2) is 5.03 Å². The van der Waals surface area contributed by atoms with E-state index < -0.39 is 15.2 Å². The minimum Gasteiger partial charge on any atom is -0.244 e. The van der Waals surface area contributed by atoms with Crippen LogP contribution in [0.1, 0.15) is 0 Å². The van der Waals surface area contributed by atoms with E-state index >= 15 is 0 Å². The van der Waals surface area contributed by atoms with E-state index in [0.717, 1.165) is 6.07 Å². The molecule has 5 nitrogen and oxygen atoms in total. The monoisotopic (exact) mass is 239 g/mol. The van der Waals surface area contributed by atoms with Crippen molar-refractivity contribution in [2.75, 3.05) is 0 Å². The second-order valence-electron chi connectivity index (χ2n) is 2.93. The summed E-state index contributed by atoms with van der Waals surface area (Å²) in [5.74, 6) is 0. The Morgan fingerprint density at radius 3 is 2.44 bits per heavy atom. The van der Waals surface area contributed by atoms with E-state index in [-0.39, 0.29) is 0 Å². The highest BCUT2D eigenvalue weighted by Gasteiger charge is 2.14. The highest BCUT2D eigenvalue weighted by molar-refractivity contribution is 7.86. The van der Waals surface area contributed by atoms with E-state index in [9.17, 15) is 12.3 Å². The van der Waals surface area contributed by atoms with Crippen LogP contribution in [0.25, 0.3) is 11.3 Å². The Labute approximate surface area is 91.2 Å². The van der Waals surface area contributed by atoms with E-state index in [0.29, 0.717) is 11.3 Å². The maximum Gasteiger partial charge on any atom is 0.349 e. The number of aromatic nitrogens is 3. The van der Waals surface area contributed by atoms with Crippen molar-refractivity contribution in [2.45, 2.75) is 5.03 Å². The number of hydrogen-bond acceptors (Lipinski definition) is 5. The number of hydrogen-bond donors (Lipinski definition) is 0. The molecule has 0 amide bonds. The molecule has 0 bridgehead atoms. The third kappa shape index (κ3) is 2.19. The van der Waals surface area contributed by atoms with E-state index in [2.05, 4.69) is 15.0 Å². The molecule has 2 aromatic heterocycles. The predicted octanol–water partition coefficient (Wildman–Crippen LogP) is 1.20. The lowest BCUT2D eigenvalue weighted by Crippen LogP contribution is -1.97. The van der Waals surface area contributed by atoms with E-state index in [4.69, 9.17) is 0 Å². The Bertz CT molecular complexity index is 601. The molecule has 0 radical (unpaired) electrons. The third-order valence-corrected chi connectivity index (χ3v) is 2.56. The van der Waals surface area contributed by atoms with Crippen LogP contribution in [0.15, 0.2) is 41.9 Å². The third-order valence-electron chi connectivity index (χ3n) is 1.83. The van der Waals surface area contributed by atoms with Crippen LogP contribution in [0.3, 0.4) is 0 Å². The van der Waals surface area contributed by atoms with E-state index in [1.54, 1.807) is 6.07 Å². The molecule has 0 aliphatic rings. The molecular weight excluding hydrogens is 233 g/mol. The van der Waals surface area contributed by atoms with Crippen LogP contribution in [0, 0.1) is 0 Å². The summed E-state index contributed by atoms with van der Waals surface area (Å²) < 4.78 is 34.0. The molecule has 0 N–H and O–H groups in total. The fourth-order valence-corrected chi connectivity index (χ4v) is 1.59. The van der Waals surface area contributed by atoms with Gasteiger partial charge in [0.05, 0.1) is 5.69 Å². The van der Waals surface area contributed by atoms with Crippen LogP contribution in [-0.4, -0.2) is 23.4 Å². The minimum atomic E-state index is -4.79. The molecule has 0 aliphatic heterocycles. The molecule has 0 spiro atoms. The topological polar surface area (TPSA) is 72.8 Å². The second kappa shape index (κ2) is 3.93. The van der Waals surface area contributed by atoms with Crippen molar-refractivity contribution in [3.8, 4) is 11.3 Å². The van der Waals surface area contributed by atoms with Crippen molar-refractivity contribution >= 4 is 10.2 Å². The Morgan fingerprint density at radius 2 is 1.81 bits per heavy atom. The quantitative estimate of drug-likeness (QED) is 0.736. The molecule has 82 valence electrons. The summed E-state index contributed by atoms with van der Waals surface area (Å²) in [5.41, 5.74) is 0.826. The second-order valence-corrected chi connectivity index (χ2v) is 4.22. The van der Waals surface area contributed by atoms with Gasteiger partial charge in [-0.25, -0.2) is 15.0 Å². The SMILES string of the molecule is O=S(=O)(F)c1cccc(-c2cncnc2)n1. The van der Waals surface area contributed by atoms with Crippen molar-refractivity contribution in [3.63, 3.8) is 0 Å². The molecule has 16 heavy (non-hydrogen) atoms. The number of halogens is 1. The van der Waals surface area contributed by atoms with Crippen molar-refractivity contribution in [3.05, 3.63) is 36.9 Å². The van der Waals surface area contributed by atoms with Gasteiger partial charge >= 0.3 is 10.2 Å². The van der Waals surface area contributed by atoms with Gasteiger partial charge < -0.3 is 0 Å². The van der Waals surface area contributed by atoms with Gasteiger partial charge in [-0.15, -0.1) is 0 Å². The van der Waals surface area contributed by atoms with Crippen molar-refractivity contribution < 1.29 is 12.3 Å². The molecule has 0 unspecified atom stereocenters. The zero-order valence-corrected chi connectivity index (χ0v) is 8.72. The fraction of sp³-hybridized carbons (Fsp3) is 0. The maximum atomic E-state index is 12.7. The van der Waals surface area contributed by atoms with Crippen molar-refractivity contribution in [1.82, 2.24) is 15.0 Å². The zero-order valence-electron chi connectivity index (χ0n) is 7.91. The lowest BCUT2D eigenvalue weighted by Gasteiger charge is -2.00. The zero-order chi connectivity index (χ0) is 11.6. The minimum absolute atomic E-state index is 0.305. The summed E-state index contributed by atoms with van der Waals surface area (Å²) in [7, 11) is -4.79. The summed E-state index contributed by atoms with van der Waals surface area (Å²) in [6, 6.07) is 4.04. The molecule has 7 heteroatoms. The number of nitrogens with zero attached hydrogens (tertiary/aromatic N) is 3. The van der Waals surface area contributed by atoms with Gasteiger partial charge in [-0.2, -0.15) is 8.42 Å². The summed E-state index contributed by atoms with van der Waals surface area (Å²) in [6.45, 7) is 0. The van der Waals surface area contributed by atoms with Crippen LogP contribution in [-0.2, 0) is 10.2 Å². The van der Waals surface area contributed by atoms with Crippen molar-refractivity contribution in [2.24, 2.45) is 0 Å². The van der Waals surface area contributed by atoms with Gasteiger partial charge in [0, 0.05) is 18.0 Å².